The van der Waals surface area contributed by atoms with Crippen molar-refractivity contribution in [2.24, 2.45) is 10.8 Å². The maximum Gasteiger partial charge on any atom is 0.210 e. The summed E-state index contributed by atoms with van der Waals surface area (Å²) in [5, 5.41) is 3.60. The summed E-state index contributed by atoms with van der Waals surface area (Å²) in [6.45, 7) is 1.98. The number of anilines is 1. The minimum atomic E-state index is 0.468. The van der Waals surface area contributed by atoms with Crippen LogP contribution in [0.5, 0.6) is 0 Å². The molecule has 0 bridgehead atoms. The summed E-state index contributed by atoms with van der Waals surface area (Å²) < 4.78 is 0. The smallest absolute Gasteiger partial charge is 0.210 e. The Morgan fingerprint density at radius 2 is 2.21 bits per heavy atom. The predicted octanol–water partition coefficient (Wildman–Crippen LogP) is 1.51. The van der Waals surface area contributed by atoms with E-state index in [-0.39, 0.29) is 0 Å². The van der Waals surface area contributed by atoms with Gasteiger partial charge in [-0.1, -0.05) is 17.7 Å². The van der Waals surface area contributed by atoms with Gasteiger partial charge in [0.25, 0.3) is 0 Å². The molecule has 0 atom stereocenters. The average Bonchev–Trinajstić information content (AvgIpc) is 2.17. The molecule has 1 aromatic rings. The summed E-state index contributed by atoms with van der Waals surface area (Å²) in [7, 11) is 1.63. The van der Waals surface area contributed by atoms with Gasteiger partial charge in [0, 0.05) is 7.05 Å². The van der Waals surface area contributed by atoms with E-state index in [1.165, 1.54) is 0 Å². The molecule has 0 fully saturated rings. The van der Waals surface area contributed by atoms with Crippen molar-refractivity contribution in [3.63, 3.8) is 0 Å². The molecule has 76 valence electrons. The lowest BCUT2D eigenvalue weighted by Gasteiger charge is -2.09. The molecule has 0 aromatic heterocycles. The number of nitrogens with zero attached hydrogens (tertiary/aromatic N) is 1. The van der Waals surface area contributed by atoms with Gasteiger partial charge in [-0.3, -0.25) is 10.4 Å². The number of hydrogen-bond donors (Lipinski definition) is 3. The second-order valence-corrected chi connectivity index (χ2v) is 3.23. The molecule has 0 saturated heterocycles. The lowest BCUT2D eigenvalue weighted by Crippen LogP contribution is -2.36. The maximum absolute atomic E-state index is 6.00. The Morgan fingerprint density at radius 1 is 1.50 bits per heavy atom. The Balaban J connectivity index is 2.87. The van der Waals surface area contributed by atoms with Crippen LogP contribution in [0, 0.1) is 6.92 Å². The van der Waals surface area contributed by atoms with Gasteiger partial charge >= 0.3 is 0 Å². The Bertz CT molecular complexity index is 349. The zero-order valence-electron chi connectivity index (χ0n) is 8.13. The highest BCUT2D eigenvalue weighted by atomic mass is 35.5. The van der Waals surface area contributed by atoms with E-state index in [9.17, 15) is 0 Å². The van der Waals surface area contributed by atoms with Gasteiger partial charge in [-0.05, 0) is 24.6 Å². The minimum Gasteiger partial charge on any atom is -0.324 e. The van der Waals surface area contributed by atoms with Crippen molar-refractivity contribution in [2.45, 2.75) is 6.92 Å². The van der Waals surface area contributed by atoms with E-state index in [1.54, 1.807) is 7.05 Å². The third kappa shape index (κ3) is 2.61. The topological polar surface area (TPSA) is 62.4 Å². The highest BCUT2D eigenvalue weighted by Crippen LogP contribution is 2.22. The van der Waals surface area contributed by atoms with Crippen molar-refractivity contribution in [1.29, 1.82) is 0 Å². The highest BCUT2D eigenvalue weighted by molar-refractivity contribution is 6.33. The molecule has 0 heterocycles. The summed E-state index contributed by atoms with van der Waals surface area (Å²) >= 11 is 6.00. The molecular weight excluding hydrogens is 200 g/mol. The van der Waals surface area contributed by atoms with Crippen molar-refractivity contribution in [3.05, 3.63) is 28.8 Å². The molecule has 4 N–H and O–H groups in total. The monoisotopic (exact) mass is 212 g/mol. The molecule has 5 heteroatoms. The fraction of sp³-hybridized carbons (Fsp3) is 0.222. The summed E-state index contributed by atoms with van der Waals surface area (Å²) in [6, 6.07) is 5.70. The van der Waals surface area contributed by atoms with Crippen LogP contribution < -0.4 is 16.6 Å². The Hall–Kier alpha value is -1.26. The van der Waals surface area contributed by atoms with Crippen molar-refractivity contribution < 1.29 is 0 Å². The van der Waals surface area contributed by atoms with Gasteiger partial charge < -0.3 is 5.32 Å². The Morgan fingerprint density at radius 3 is 2.71 bits per heavy atom. The van der Waals surface area contributed by atoms with Gasteiger partial charge in [-0.2, -0.15) is 0 Å². The van der Waals surface area contributed by atoms with Crippen LogP contribution in [-0.4, -0.2) is 13.0 Å². The number of nitrogens with one attached hydrogen (secondary N) is 2. The fourth-order valence-electron chi connectivity index (χ4n) is 1.01. The van der Waals surface area contributed by atoms with Gasteiger partial charge in [0.15, 0.2) is 0 Å². The van der Waals surface area contributed by atoms with Crippen LogP contribution in [0.3, 0.4) is 0 Å². The van der Waals surface area contributed by atoms with Gasteiger partial charge in [-0.15, -0.1) is 0 Å². The van der Waals surface area contributed by atoms with E-state index in [1.807, 2.05) is 25.1 Å². The van der Waals surface area contributed by atoms with E-state index in [4.69, 9.17) is 17.4 Å². The number of hydrogen-bond acceptors (Lipinski definition) is 2. The lowest BCUT2D eigenvalue weighted by atomic mass is 10.2. The van der Waals surface area contributed by atoms with Crippen molar-refractivity contribution in [1.82, 2.24) is 5.43 Å². The first-order chi connectivity index (χ1) is 6.67. The molecule has 0 aliphatic rings. The second-order valence-electron chi connectivity index (χ2n) is 2.82. The van der Waals surface area contributed by atoms with E-state index < -0.39 is 0 Å². The van der Waals surface area contributed by atoms with E-state index >= 15 is 0 Å². The fourth-order valence-corrected chi connectivity index (χ4v) is 1.29. The van der Waals surface area contributed by atoms with Crippen LogP contribution in [0.2, 0.25) is 5.02 Å². The van der Waals surface area contributed by atoms with Crippen LogP contribution in [0.4, 0.5) is 5.69 Å². The number of benzene rings is 1. The first-order valence-electron chi connectivity index (χ1n) is 4.14. The van der Waals surface area contributed by atoms with E-state index in [2.05, 4.69) is 15.7 Å². The number of aryl methyl sites for hydroxylation is 1. The first kappa shape index (κ1) is 10.8. The molecule has 0 aliphatic heterocycles. The molecule has 1 rings (SSSR count). The quantitative estimate of drug-likeness (QED) is 0.286. The molecule has 0 spiro atoms. The van der Waals surface area contributed by atoms with Crippen LogP contribution in [0.25, 0.3) is 0 Å². The van der Waals surface area contributed by atoms with Crippen molar-refractivity contribution in [2.75, 3.05) is 12.4 Å². The molecule has 0 unspecified atom stereocenters. The molecule has 1 aromatic carbocycles. The van der Waals surface area contributed by atoms with Crippen molar-refractivity contribution >= 4 is 23.2 Å². The molecule has 0 aliphatic carbocycles. The lowest BCUT2D eigenvalue weighted by molar-refractivity contribution is 1.01. The summed E-state index contributed by atoms with van der Waals surface area (Å²) in [5.41, 5.74) is 4.30. The highest BCUT2D eigenvalue weighted by Gasteiger charge is 2.01. The molecule has 0 amide bonds. The van der Waals surface area contributed by atoms with Gasteiger partial charge in [-0.25, -0.2) is 5.84 Å². The summed E-state index contributed by atoms with van der Waals surface area (Å²) in [6.07, 6.45) is 0. The molecule has 14 heavy (non-hydrogen) atoms. The standard InChI is InChI=1S/C9H13ClN4/c1-6-3-4-8(7(10)5-6)13-9(12-2)14-11/h3-5H,11H2,1-2H3,(H2,12,13,14). The second kappa shape index (κ2) is 4.83. The summed E-state index contributed by atoms with van der Waals surface area (Å²) in [5.74, 6) is 5.69. The van der Waals surface area contributed by atoms with Crippen LogP contribution >= 0.6 is 11.6 Å². The Labute approximate surface area is 88.1 Å². The Kier molecular flexibility index (Phi) is 3.73. The van der Waals surface area contributed by atoms with Gasteiger partial charge in [0.2, 0.25) is 5.96 Å². The normalized spacial score (nSPS) is 11.3. The molecule has 0 radical (unpaired) electrons. The zero-order chi connectivity index (χ0) is 10.6. The zero-order valence-corrected chi connectivity index (χ0v) is 8.89. The molecular formula is C9H13ClN4. The average molecular weight is 213 g/mol. The maximum atomic E-state index is 6.00. The van der Waals surface area contributed by atoms with Crippen LogP contribution in [0.1, 0.15) is 5.56 Å². The third-order valence-corrected chi connectivity index (χ3v) is 2.05. The van der Waals surface area contributed by atoms with Crippen LogP contribution in [0.15, 0.2) is 23.2 Å². The van der Waals surface area contributed by atoms with Gasteiger partial charge in [0.05, 0.1) is 10.7 Å². The summed E-state index contributed by atoms with van der Waals surface area (Å²) in [4.78, 5) is 3.88. The minimum absolute atomic E-state index is 0.468. The van der Waals surface area contributed by atoms with E-state index in [0.29, 0.717) is 11.0 Å². The SMILES string of the molecule is CN=C(NN)Nc1ccc(C)cc1Cl. The number of halogens is 1. The number of rotatable bonds is 1. The third-order valence-electron chi connectivity index (χ3n) is 1.74. The molecule has 4 nitrogen and oxygen atoms in total. The van der Waals surface area contributed by atoms with Gasteiger partial charge in [0.1, 0.15) is 0 Å². The molecule has 0 saturated carbocycles. The predicted molar refractivity (Wildman–Crippen MR) is 60.5 cm³/mol. The number of hydrazine groups is 1. The number of aliphatic imine (C=N–C) groups is 1. The number of nitrogens with two attached hydrogens (primary N) is 1. The van der Waals surface area contributed by atoms with Crippen molar-refractivity contribution in [3.8, 4) is 0 Å². The van der Waals surface area contributed by atoms with E-state index in [0.717, 1.165) is 11.3 Å². The largest absolute Gasteiger partial charge is 0.324 e. The van der Waals surface area contributed by atoms with Crippen LogP contribution in [-0.2, 0) is 0 Å². The first-order valence-corrected chi connectivity index (χ1v) is 4.51. The number of guanidine groups is 1.